The molecule has 0 amide bonds. The molecule has 1 saturated carbocycles. The van der Waals surface area contributed by atoms with Gasteiger partial charge < -0.3 is 10.7 Å². The van der Waals surface area contributed by atoms with Gasteiger partial charge in [0.1, 0.15) is 17.5 Å². The summed E-state index contributed by atoms with van der Waals surface area (Å²) in [6, 6.07) is 0. The van der Waals surface area contributed by atoms with E-state index >= 15 is 0 Å². The highest BCUT2D eigenvalue weighted by Crippen LogP contribution is 2.34. The summed E-state index contributed by atoms with van der Waals surface area (Å²) in [4.78, 5) is 9.13. The molecule has 0 aliphatic heterocycles. The Labute approximate surface area is 115 Å². The maximum Gasteiger partial charge on any atom is 0.148 e. The molecule has 0 unspecified atom stereocenters. The molecule has 1 aliphatic carbocycles. The van der Waals surface area contributed by atoms with E-state index in [1.165, 1.54) is 25.7 Å². The first-order valence-electron chi connectivity index (χ1n) is 7.08. The van der Waals surface area contributed by atoms with Gasteiger partial charge in [-0.2, -0.15) is 0 Å². The molecule has 1 aliphatic rings. The van der Waals surface area contributed by atoms with Crippen LogP contribution in [0.4, 0.5) is 11.6 Å². The summed E-state index contributed by atoms with van der Waals surface area (Å²) >= 11 is 0. The second-order valence-electron chi connectivity index (χ2n) is 6.10. The lowest BCUT2D eigenvalue weighted by molar-refractivity contribution is 0.529. The zero-order valence-corrected chi connectivity index (χ0v) is 12.4. The second-order valence-corrected chi connectivity index (χ2v) is 6.10. The zero-order chi connectivity index (χ0) is 14.0. The summed E-state index contributed by atoms with van der Waals surface area (Å²) in [6.45, 7) is 8.45. The van der Waals surface area contributed by atoms with Gasteiger partial charge in [-0.1, -0.05) is 26.7 Å². The molecule has 106 valence electrons. The SMILES string of the molecule is Cc1c(NN)nc(C(C)C)nc1NC1(C)CCCC1. The number of rotatable bonds is 4. The molecule has 0 radical (unpaired) electrons. The van der Waals surface area contributed by atoms with Gasteiger partial charge in [0.05, 0.1) is 0 Å². The van der Waals surface area contributed by atoms with E-state index in [1.807, 2.05) is 6.92 Å². The van der Waals surface area contributed by atoms with Gasteiger partial charge in [-0.15, -0.1) is 0 Å². The van der Waals surface area contributed by atoms with Gasteiger partial charge >= 0.3 is 0 Å². The Kier molecular flexibility index (Phi) is 3.94. The van der Waals surface area contributed by atoms with E-state index in [-0.39, 0.29) is 11.5 Å². The molecule has 0 aromatic carbocycles. The Morgan fingerprint density at radius 3 is 2.26 bits per heavy atom. The van der Waals surface area contributed by atoms with Crippen molar-refractivity contribution < 1.29 is 0 Å². The smallest absolute Gasteiger partial charge is 0.148 e. The molecule has 0 spiro atoms. The van der Waals surface area contributed by atoms with Gasteiger partial charge in [0, 0.05) is 17.0 Å². The molecule has 5 heteroatoms. The lowest BCUT2D eigenvalue weighted by atomic mass is 10.0. The topological polar surface area (TPSA) is 75.9 Å². The van der Waals surface area contributed by atoms with Crippen LogP contribution in [-0.2, 0) is 0 Å². The van der Waals surface area contributed by atoms with Gasteiger partial charge in [-0.05, 0) is 26.7 Å². The van der Waals surface area contributed by atoms with Crippen LogP contribution < -0.4 is 16.6 Å². The molecule has 1 aromatic rings. The molecule has 0 saturated heterocycles. The van der Waals surface area contributed by atoms with E-state index in [0.717, 1.165) is 17.2 Å². The Morgan fingerprint density at radius 2 is 1.74 bits per heavy atom. The van der Waals surface area contributed by atoms with Crippen LogP contribution >= 0.6 is 0 Å². The van der Waals surface area contributed by atoms with Crippen LogP contribution in [0.15, 0.2) is 0 Å². The monoisotopic (exact) mass is 263 g/mol. The first-order valence-corrected chi connectivity index (χ1v) is 7.08. The van der Waals surface area contributed by atoms with Crippen molar-refractivity contribution in [2.75, 3.05) is 10.7 Å². The number of nitrogens with one attached hydrogen (secondary N) is 2. The normalized spacial score (nSPS) is 17.8. The fourth-order valence-electron chi connectivity index (χ4n) is 2.62. The van der Waals surface area contributed by atoms with Gasteiger partial charge in [-0.25, -0.2) is 15.8 Å². The fraction of sp³-hybridized carbons (Fsp3) is 0.714. The van der Waals surface area contributed by atoms with E-state index in [2.05, 4.69) is 41.5 Å². The van der Waals surface area contributed by atoms with Gasteiger partial charge in [-0.3, -0.25) is 0 Å². The fourth-order valence-corrected chi connectivity index (χ4v) is 2.62. The summed E-state index contributed by atoms with van der Waals surface area (Å²) in [5.74, 6) is 8.29. The molecular weight excluding hydrogens is 238 g/mol. The van der Waals surface area contributed by atoms with Crippen molar-refractivity contribution in [3.63, 3.8) is 0 Å². The van der Waals surface area contributed by atoms with Crippen molar-refractivity contribution in [3.8, 4) is 0 Å². The van der Waals surface area contributed by atoms with Gasteiger partial charge in [0.15, 0.2) is 0 Å². The number of anilines is 2. The number of nitrogen functional groups attached to an aromatic ring is 1. The molecule has 1 fully saturated rings. The third kappa shape index (κ3) is 2.97. The maximum absolute atomic E-state index is 5.56. The molecular formula is C14H25N5. The molecule has 1 aromatic heterocycles. The number of hydrogen-bond donors (Lipinski definition) is 3. The number of hydrazine groups is 1. The Balaban J connectivity index is 2.35. The molecule has 4 N–H and O–H groups in total. The maximum atomic E-state index is 5.56. The van der Waals surface area contributed by atoms with Crippen LogP contribution in [0.1, 0.15) is 63.8 Å². The van der Waals surface area contributed by atoms with Crippen molar-refractivity contribution in [1.29, 1.82) is 0 Å². The van der Waals surface area contributed by atoms with Crippen molar-refractivity contribution in [2.24, 2.45) is 5.84 Å². The van der Waals surface area contributed by atoms with Crippen LogP contribution in [0, 0.1) is 6.92 Å². The average molecular weight is 263 g/mol. The largest absolute Gasteiger partial charge is 0.365 e. The van der Waals surface area contributed by atoms with Crippen LogP contribution in [0.5, 0.6) is 0 Å². The predicted molar refractivity (Wildman–Crippen MR) is 79.2 cm³/mol. The Morgan fingerprint density at radius 1 is 1.16 bits per heavy atom. The average Bonchev–Trinajstić information content (AvgIpc) is 2.78. The van der Waals surface area contributed by atoms with E-state index in [1.54, 1.807) is 0 Å². The van der Waals surface area contributed by atoms with Crippen molar-refractivity contribution in [3.05, 3.63) is 11.4 Å². The van der Waals surface area contributed by atoms with Gasteiger partial charge in [0.25, 0.3) is 0 Å². The van der Waals surface area contributed by atoms with Crippen molar-refractivity contribution >= 4 is 11.6 Å². The number of nitrogens with zero attached hydrogens (tertiary/aromatic N) is 2. The third-order valence-electron chi connectivity index (χ3n) is 3.94. The van der Waals surface area contributed by atoms with Crippen LogP contribution in [-0.4, -0.2) is 15.5 Å². The highest BCUT2D eigenvalue weighted by atomic mass is 15.3. The molecule has 0 bridgehead atoms. The number of aromatic nitrogens is 2. The summed E-state index contributed by atoms with van der Waals surface area (Å²) in [7, 11) is 0. The highest BCUT2D eigenvalue weighted by molar-refractivity contribution is 5.58. The van der Waals surface area contributed by atoms with Crippen molar-refractivity contribution in [2.45, 2.75) is 64.8 Å². The van der Waals surface area contributed by atoms with Crippen LogP contribution in [0.25, 0.3) is 0 Å². The number of nitrogens with two attached hydrogens (primary N) is 1. The molecule has 19 heavy (non-hydrogen) atoms. The van der Waals surface area contributed by atoms with Crippen molar-refractivity contribution in [1.82, 2.24) is 9.97 Å². The molecule has 2 rings (SSSR count). The molecule has 5 nitrogen and oxygen atoms in total. The van der Waals surface area contributed by atoms with E-state index in [0.29, 0.717) is 5.82 Å². The minimum absolute atomic E-state index is 0.152. The molecule has 0 atom stereocenters. The Bertz CT molecular complexity index is 449. The minimum Gasteiger partial charge on any atom is -0.365 e. The first kappa shape index (κ1) is 14.1. The van der Waals surface area contributed by atoms with Crippen LogP contribution in [0.2, 0.25) is 0 Å². The van der Waals surface area contributed by atoms with E-state index < -0.39 is 0 Å². The standard InChI is InChI=1S/C14H25N5/c1-9(2)11-16-12(10(3)13(17-11)19-15)18-14(4)7-5-6-8-14/h9H,5-8,15H2,1-4H3,(H2,16,17,18,19). The second kappa shape index (κ2) is 5.33. The zero-order valence-electron chi connectivity index (χ0n) is 12.4. The third-order valence-corrected chi connectivity index (χ3v) is 3.94. The van der Waals surface area contributed by atoms with Crippen LogP contribution in [0.3, 0.4) is 0 Å². The lowest BCUT2D eigenvalue weighted by Gasteiger charge is -2.27. The van der Waals surface area contributed by atoms with Gasteiger partial charge in [0.2, 0.25) is 0 Å². The van der Waals surface area contributed by atoms with E-state index in [9.17, 15) is 0 Å². The predicted octanol–water partition coefficient (Wildman–Crippen LogP) is 2.94. The first-order chi connectivity index (χ1) is 8.95. The quantitative estimate of drug-likeness (QED) is 0.575. The summed E-state index contributed by atoms with van der Waals surface area (Å²) < 4.78 is 0. The number of hydrogen-bond acceptors (Lipinski definition) is 5. The summed E-state index contributed by atoms with van der Waals surface area (Å²) in [6.07, 6.45) is 4.96. The van der Waals surface area contributed by atoms with E-state index in [4.69, 9.17) is 5.84 Å². The summed E-state index contributed by atoms with van der Waals surface area (Å²) in [5.41, 5.74) is 3.82. The highest BCUT2D eigenvalue weighted by Gasteiger charge is 2.29. The minimum atomic E-state index is 0.152. The molecule has 1 heterocycles. The summed E-state index contributed by atoms with van der Waals surface area (Å²) in [5, 5.41) is 3.61. The lowest BCUT2D eigenvalue weighted by Crippen LogP contribution is -2.32. The Hall–Kier alpha value is -1.36.